The molecule has 0 unspecified atom stereocenters. The molecule has 0 atom stereocenters. The second-order valence-electron chi connectivity index (χ2n) is 5.53. The van der Waals surface area contributed by atoms with E-state index in [0.29, 0.717) is 17.9 Å². The first-order valence-corrected chi connectivity index (χ1v) is 6.93. The highest BCUT2D eigenvalue weighted by atomic mass is 16.4. The molecule has 0 saturated carbocycles. The molecule has 0 radical (unpaired) electrons. The van der Waals surface area contributed by atoms with Crippen LogP contribution in [-0.4, -0.2) is 22.2 Å². The molecule has 0 fully saturated rings. The standard InChI is InChI=1S/C16H22O4/c1-10(2)6-4-5-7-12-11(3)8-9-13(15(17)18)14(12)16(19)20/h8-10H,4-7H2,1-3H3,(H,17,18)(H,19,20). The summed E-state index contributed by atoms with van der Waals surface area (Å²) in [5.74, 6) is -1.73. The normalized spacial score (nSPS) is 10.8. The maximum absolute atomic E-state index is 11.4. The molecule has 0 amide bonds. The number of carboxylic acid groups (broad SMARTS) is 2. The number of hydrogen-bond donors (Lipinski definition) is 2. The molecule has 0 heterocycles. The number of unbranched alkanes of at least 4 members (excludes halogenated alkanes) is 1. The van der Waals surface area contributed by atoms with Crippen LogP contribution >= 0.6 is 0 Å². The van der Waals surface area contributed by atoms with Crippen LogP contribution in [0.4, 0.5) is 0 Å². The first-order valence-electron chi connectivity index (χ1n) is 6.93. The minimum atomic E-state index is -1.19. The van der Waals surface area contributed by atoms with Crippen molar-refractivity contribution in [3.05, 3.63) is 34.4 Å². The van der Waals surface area contributed by atoms with Crippen LogP contribution in [-0.2, 0) is 6.42 Å². The highest BCUT2D eigenvalue weighted by Gasteiger charge is 2.21. The first kappa shape index (κ1) is 16.2. The maximum atomic E-state index is 11.4. The van der Waals surface area contributed by atoms with Gasteiger partial charge in [-0.3, -0.25) is 0 Å². The summed E-state index contributed by atoms with van der Waals surface area (Å²) in [6.45, 7) is 6.13. The zero-order valence-corrected chi connectivity index (χ0v) is 12.3. The van der Waals surface area contributed by atoms with Gasteiger partial charge in [0.05, 0.1) is 11.1 Å². The molecule has 0 bridgehead atoms. The van der Waals surface area contributed by atoms with E-state index in [4.69, 9.17) is 5.11 Å². The summed E-state index contributed by atoms with van der Waals surface area (Å²) in [7, 11) is 0. The molecule has 0 aliphatic heterocycles. The van der Waals surface area contributed by atoms with E-state index in [1.807, 2.05) is 6.92 Å². The number of hydrogen-bond acceptors (Lipinski definition) is 2. The fourth-order valence-corrected chi connectivity index (χ4v) is 2.35. The van der Waals surface area contributed by atoms with Crippen molar-refractivity contribution in [2.75, 3.05) is 0 Å². The quantitative estimate of drug-likeness (QED) is 0.745. The lowest BCUT2D eigenvalue weighted by molar-refractivity contribution is 0.0650. The number of aromatic carboxylic acids is 2. The fraction of sp³-hybridized carbons (Fsp3) is 0.500. The molecule has 0 spiro atoms. The van der Waals surface area contributed by atoms with Crippen LogP contribution < -0.4 is 0 Å². The van der Waals surface area contributed by atoms with Gasteiger partial charge in [-0.1, -0.05) is 32.8 Å². The van der Waals surface area contributed by atoms with E-state index < -0.39 is 11.9 Å². The molecule has 0 aromatic heterocycles. The van der Waals surface area contributed by atoms with Crippen molar-refractivity contribution >= 4 is 11.9 Å². The van der Waals surface area contributed by atoms with E-state index in [0.717, 1.165) is 24.8 Å². The average Bonchev–Trinajstić information content (AvgIpc) is 2.34. The van der Waals surface area contributed by atoms with E-state index >= 15 is 0 Å². The van der Waals surface area contributed by atoms with Crippen LogP contribution in [0.3, 0.4) is 0 Å². The maximum Gasteiger partial charge on any atom is 0.336 e. The second kappa shape index (κ2) is 7.08. The Morgan fingerprint density at radius 3 is 2.25 bits per heavy atom. The van der Waals surface area contributed by atoms with Crippen LogP contribution in [0.1, 0.15) is 65.0 Å². The molecule has 0 saturated heterocycles. The summed E-state index contributed by atoms with van der Waals surface area (Å²) < 4.78 is 0. The third-order valence-electron chi connectivity index (χ3n) is 3.45. The van der Waals surface area contributed by atoms with E-state index in [2.05, 4.69) is 13.8 Å². The van der Waals surface area contributed by atoms with E-state index in [-0.39, 0.29) is 11.1 Å². The van der Waals surface area contributed by atoms with E-state index in [1.165, 1.54) is 6.07 Å². The van der Waals surface area contributed by atoms with Crippen LogP contribution in [0, 0.1) is 12.8 Å². The van der Waals surface area contributed by atoms with Gasteiger partial charge >= 0.3 is 11.9 Å². The van der Waals surface area contributed by atoms with Gasteiger partial charge in [0, 0.05) is 0 Å². The third kappa shape index (κ3) is 4.08. The number of carboxylic acids is 2. The van der Waals surface area contributed by atoms with Gasteiger partial charge < -0.3 is 10.2 Å². The Balaban J connectivity index is 3.01. The largest absolute Gasteiger partial charge is 0.478 e. The van der Waals surface area contributed by atoms with Gasteiger partial charge in [0.1, 0.15) is 0 Å². The summed E-state index contributed by atoms with van der Waals surface area (Å²) in [4.78, 5) is 22.5. The Kier molecular flexibility index (Phi) is 5.74. The Morgan fingerprint density at radius 2 is 1.75 bits per heavy atom. The van der Waals surface area contributed by atoms with Gasteiger partial charge in [-0.25, -0.2) is 9.59 Å². The van der Waals surface area contributed by atoms with Gasteiger partial charge in [0.15, 0.2) is 0 Å². The molecule has 1 aromatic rings. The Labute approximate surface area is 119 Å². The van der Waals surface area contributed by atoms with Gasteiger partial charge in [-0.2, -0.15) is 0 Å². The number of benzene rings is 1. The fourth-order valence-electron chi connectivity index (χ4n) is 2.35. The van der Waals surface area contributed by atoms with Gasteiger partial charge in [0.25, 0.3) is 0 Å². The van der Waals surface area contributed by atoms with Crippen LogP contribution in [0.2, 0.25) is 0 Å². The predicted molar refractivity (Wildman–Crippen MR) is 77.5 cm³/mol. The lowest BCUT2D eigenvalue weighted by atomic mass is 9.92. The third-order valence-corrected chi connectivity index (χ3v) is 3.45. The summed E-state index contributed by atoms with van der Waals surface area (Å²) in [6.07, 6.45) is 3.61. The Bertz CT molecular complexity index is 503. The van der Waals surface area contributed by atoms with Crippen molar-refractivity contribution in [3.63, 3.8) is 0 Å². The van der Waals surface area contributed by atoms with E-state index in [9.17, 15) is 14.7 Å². The van der Waals surface area contributed by atoms with Crippen LogP contribution in [0.25, 0.3) is 0 Å². The summed E-state index contributed by atoms with van der Waals surface area (Å²) in [6, 6.07) is 3.06. The summed E-state index contributed by atoms with van der Waals surface area (Å²) >= 11 is 0. The topological polar surface area (TPSA) is 74.6 Å². The molecule has 0 aliphatic rings. The molecule has 4 heteroatoms. The second-order valence-corrected chi connectivity index (χ2v) is 5.53. The Morgan fingerprint density at radius 1 is 1.10 bits per heavy atom. The SMILES string of the molecule is Cc1ccc(C(=O)O)c(C(=O)O)c1CCCCC(C)C. The lowest BCUT2D eigenvalue weighted by Crippen LogP contribution is -2.13. The molecular formula is C16H22O4. The van der Waals surface area contributed by atoms with Crippen LogP contribution in [0.5, 0.6) is 0 Å². The van der Waals surface area contributed by atoms with Crippen molar-refractivity contribution in [2.24, 2.45) is 5.92 Å². The van der Waals surface area contributed by atoms with Crippen LogP contribution in [0.15, 0.2) is 12.1 Å². The molecule has 1 rings (SSSR count). The van der Waals surface area contributed by atoms with Gasteiger partial charge in [-0.05, 0) is 42.9 Å². The van der Waals surface area contributed by atoms with E-state index in [1.54, 1.807) is 6.07 Å². The van der Waals surface area contributed by atoms with Crippen molar-refractivity contribution in [1.29, 1.82) is 0 Å². The number of aryl methyl sites for hydroxylation is 1. The summed E-state index contributed by atoms with van der Waals surface area (Å²) in [5.41, 5.74) is 1.32. The molecule has 2 N–H and O–H groups in total. The molecular weight excluding hydrogens is 256 g/mol. The van der Waals surface area contributed by atoms with Crippen molar-refractivity contribution < 1.29 is 19.8 Å². The number of carbonyl (C=O) groups is 2. The zero-order valence-electron chi connectivity index (χ0n) is 12.3. The summed E-state index contributed by atoms with van der Waals surface area (Å²) in [5, 5.41) is 18.4. The Hall–Kier alpha value is -1.84. The van der Waals surface area contributed by atoms with Crippen molar-refractivity contribution in [1.82, 2.24) is 0 Å². The van der Waals surface area contributed by atoms with Crippen molar-refractivity contribution in [3.8, 4) is 0 Å². The minimum Gasteiger partial charge on any atom is -0.478 e. The monoisotopic (exact) mass is 278 g/mol. The smallest absolute Gasteiger partial charge is 0.336 e. The van der Waals surface area contributed by atoms with Gasteiger partial charge in [-0.15, -0.1) is 0 Å². The number of rotatable bonds is 7. The lowest BCUT2D eigenvalue weighted by Gasteiger charge is -2.13. The first-order chi connectivity index (χ1) is 9.34. The molecule has 1 aromatic carbocycles. The molecule has 4 nitrogen and oxygen atoms in total. The zero-order chi connectivity index (χ0) is 15.3. The average molecular weight is 278 g/mol. The molecule has 20 heavy (non-hydrogen) atoms. The van der Waals surface area contributed by atoms with Gasteiger partial charge in [0.2, 0.25) is 0 Å². The molecule has 110 valence electrons. The predicted octanol–water partition coefficient (Wildman–Crippen LogP) is 3.76. The highest BCUT2D eigenvalue weighted by Crippen LogP contribution is 2.22. The highest BCUT2D eigenvalue weighted by molar-refractivity contribution is 6.03. The molecule has 0 aliphatic carbocycles. The van der Waals surface area contributed by atoms with Crippen molar-refractivity contribution in [2.45, 2.75) is 46.5 Å². The minimum absolute atomic E-state index is 0.0537.